The molecule has 10 nitrogen and oxygen atoms in total. The van der Waals surface area contributed by atoms with Gasteiger partial charge in [-0.2, -0.15) is 0 Å². The predicted molar refractivity (Wildman–Crippen MR) is 87.2 cm³/mol. The molecule has 0 N–H and O–H groups in total. The van der Waals surface area contributed by atoms with Crippen molar-refractivity contribution in [3.63, 3.8) is 0 Å². The number of hydrogen-bond acceptors (Lipinski definition) is 7. The lowest BCUT2D eigenvalue weighted by Crippen LogP contribution is -2.12. The fraction of sp³-hybridized carbons (Fsp3) is 0.214. The number of nitro groups is 1. The summed E-state index contributed by atoms with van der Waals surface area (Å²) in [5.41, 5.74) is 0.625. The first kappa shape index (κ1) is 16.8. The zero-order chi connectivity index (χ0) is 18.2. The number of hydrogen-bond donors (Lipinski definition) is 0. The van der Waals surface area contributed by atoms with Crippen molar-refractivity contribution in [3.05, 3.63) is 52.2 Å². The number of benzene rings is 1. The molecule has 11 heteroatoms. The lowest BCUT2D eigenvalue weighted by atomic mass is 10.2. The summed E-state index contributed by atoms with van der Waals surface area (Å²) in [6.07, 6.45) is 1.09. The maximum Gasteiger partial charge on any atom is 0.343 e. The van der Waals surface area contributed by atoms with Crippen molar-refractivity contribution >= 4 is 15.7 Å². The Morgan fingerprint density at radius 3 is 2.36 bits per heavy atom. The average Bonchev–Trinajstić information content (AvgIpc) is 3.11. The fourth-order valence-corrected chi connectivity index (χ4v) is 3.85. The van der Waals surface area contributed by atoms with E-state index in [9.17, 15) is 18.5 Å². The van der Waals surface area contributed by atoms with E-state index in [4.69, 9.17) is 0 Å². The standard InChI is InChI=1S/C14H14N6O4S/c1-18-11(20(21)22)8-15-12(18)13-16-17-14(19(13)2)25(23,24)9-10-6-4-3-5-7-10/h3-8H,9H2,1-2H3. The monoisotopic (exact) mass is 362 g/mol. The summed E-state index contributed by atoms with van der Waals surface area (Å²) in [6.45, 7) is 0. The number of aromatic nitrogens is 5. The molecule has 25 heavy (non-hydrogen) atoms. The molecule has 2 heterocycles. The summed E-state index contributed by atoms with van der Waals surface area (Å²) in [4.78, 5) is 14.3. The van der Waals surface area contributed by atoms with Gasteiger partial charge < -0.3 is 10.1 Å². The molecule has 0 aliphatic carbocycles. The Balaban J connectivity index is 2.00. The first-order valence-corrected chi connectivity index (χ1v) is 8.79. The van der Waals surface area contributed by atoms with Gasteiger partial charge in [0.05, 0.1) is 12.8 Å². The van der Waals surface area contributed by atoms with E-state index < -0.39 is 14.8 Å². The number of rotatable bonds is 5. The molecular formula is C14H14N6O4S. The lowest BCUT2D eigenvalue weighted by molar-refractivity contribution is -0.391. The van der Waals surface area contributed by atoms with E-state index in [0.717, 1.165) is 6.20 Å². The van der Waals surface area contributed by atoms with Gasteiger partial charge in [-0.05, 0) is 10.5 Å². The molecule has 0 fully saturated rings. The molecule has 0 radical (unpaired) electrons. The van der Waals surface area contributed by atoms with Crippen molar-refractivity contribution in [1.29, 1.82) is 0 Å². The molecule has 0 saturated carbocycles. The van der Waals surface area contributed by atoms with Crippen LogP contribution in [0.4, 0.5) is 5.82 Å². The van der Waals surface area contributed by atoms with Gasteiger partial charge in [0, 0.05) is 7.05 Å². The summed E-state index contributed by atoms with van der Waals surface area (Å²) in [7, 11) is -0.804. The van der Waals surface area contributed by atoms with Gasteiger partial charge in [0.25, 0.3) is 5.82 Å². The van der Waals surface area contributed by atoms with Crippen LogP contribution in [0, 0.1) is 10.1 Å². The van der Waals surface area contributed by atoms with Gasteiger partial charge >= 0.3 is 5.82 Å². The van der Waals surface area contributed by atoms with Crippen LogP contribution in [-0.4, -0.2) is 37.7 Å². The van der Waals surface area contributed by atoms with E-state index in [0.29, 0.717) is 5.56 Å². The van der Waals surface area contributed by atoms with E-state index in [1.165, 1.54) is 23.2 Å². The summed E-state index contributed by atoms with van der Waals surface area (Å²) < 4.78 is 27.7. The van der Waals surface area contributed by atoms with Crippen LogP contribution in [0.15, 0.2) is 41.7 Å². The van der Waals surface area contributed by atoms with E-state index >= 15 is 0 Å². The van der Waals surface area contributed by atoms with Crippen LogP contribution in [-0.2, 0) is 29.7 Å². The molecule has 1 aromatic carbocycles. The minimum atomic E-state index is -3.74. The Morgan fingerprint density at radius 1 is 1.08 bits per heavy atom. The normalized spacial score (nSPS) is 11.6. The van der Waals surface area contributed by atoms with Gasteiger partial charge in [-0.15, -0.1) is 10.2 Å². The second-order valence-corrected chi connectivity index (χ2v) is 7.25. The summed E-state index contributed by atoms with van der Waals surface area (Å²) in [6, 6.07) is 8.71. The Labute approximate surface area is 142 Å². The Kier molecular flexibility index (Phi) is 4.08. The number of imidazole rings is 1. The Bertz CT molecular complexity index is 1040. The Hall–Kier alpha value is -3.08. The molecule has 130 valence electrons. The van der Waals surface area contributed by atoms with Crippen molar-refractivity contribution in [2.24, 2.45) is 14.1 Å². The topological polar surface area (TPSA) is 126 Å². The molecule has 0 bridgehead atoms. The van der Waals surface area contributed by atoms with Gasteiger partial charge in [0.2, 0.25) is 20.8 Å². The quantitative estimate of drug-likeness (QED) is 0.491. The summed E-state index contributed by atoms with van der Waals surface area (Å²) >= 11 is 0. The Morgan fingerprint density at radius 2 is 1.76 bits per heavy atom. The largest absolute Gasteiger partial charge is 0.358 e. The highest BCUT2D eigenvalue weighted by Gasteiger charge is 2.28. The van der Waals surface area contributed by atoms with Gasteiger partial charge in [0.15, 0.2) is 0 Å². The third kappa shape index (κ3) is 3.01. The molecule has 3 rings (SSSR count). The van der Waals surface area contributed by atoms with Crippen LogP contribution >= 0.6 is 0 Å². The molecule has 0 aliphatic rings. The summed E-state index contributed by atoms with van der Waals surface area (Å²) in [5, 5.41) is 18.3. The third-order valence-corrected chi connectivity index (χ3v) is 5.29. The van der Waals surface area contributed by atoms with Crippen LogP contribution in [0.3, 0.4) is 0 Å². The molecule has 0 aliphatic heterocycles. The lowest BCUT2D eigenvalue weighted by Gasteiger charge is -2.04. The van der Waals surface area contributed by atoms with E-state index in [2.05, 4.69) is 15.2 Å². The highest BCUT2D eigenvalue weighted by Crippen LogP contribution is 2.23. The minimum Gasteiger partial charge on any atom is -0.358 e. The molecular weight excluding hydrogens is 348 g/mol. The van der Waals surface area contributed by atoms with E-state index in [1.54, 1.807) is 30.3 Å². The van der Waals surface area contributed by atoms with Crippen LogP contribution in [0.25, 0.3) is 11.6 Å². The number of sulfone groups is 1. The number of nitrogens with zero attached hydrogens (tertiary/aromatic N) is 6. The van der Waals surface area contributed by atoms with Gasteiger partial charge in [0.1, 0.15) is 6.20 Å². The van der Waals surface area contributed by atoms with Crippen LogP contribution in [0.1, 0.15) is 5.56 Å². The average molecular weight is 362 g/mol. The SMILES string of the molecule is Cn1c([N+](=O)[O-])cnc1-c1nnc(S(=O)(=O)Cc2ccccc2)n1C. The van der Waals surface area contributed by atoms with Crippen LogP contribution in [0.2, 0.25) is 0 Å². The van der Waals surface area contributed by atoms with Crippen molar-refractivity contribution in [2.45, 2.75) is 10.9 Å². The van der Waals surface area contributed by atoms with Crippen molar-refractivity contribution in [3.8, 4) is 11.6 Å². The van der Waals surface area contributed by atoms with Gasteiger partial charge in [-0.25, -0.2) is 18.0 Å². The highest BCUT2D eigenvalue weighted by molar-refractivity contribution is 7.90. The maximum absolute atomic E-state index is 12.6. The smallest absolute Gasteiger partial charge is 0.343 e. The second-order valence-electron chi connectivity index (χ2n) is 5.37. The fourth-order valence-electron chi connectivity index (χ4n) is 2.42. The molecule has 0 saturated heterocycles. The summed E-state index contributed by atoms with van der Waals surface area (Å²) in [5.74, 6) is -0.169. The first-order valence-electron chi connectivity index (χ1n) is 7.14. The van der Waals surface area contributed by atoms with Crippen molar-refractivity contribution in [1.82, 2.24) is 24.3 Å². The molecule has 0 amide bonds. The van der Waals surface area contributed by atoms with E-state index in [-0.39, 0.29) is 28.4 Å². The van der Waals surface area contributed by atoms with Crippen LogP contribution in [0.5, 0.6) is 0 Å². The molecule has 0 unspecified atom stereocenters. The minimum absolute atomic E-state index is 0.127. The van der Waals surface area contributed by atoms with Crippen LogP contribution < -0.4 is 0 Å². The zero-order valence-electron chi connectivity index (χ0n) is 13.4. The highest BCUT2D eigenvalue weighted by atomic mass is 32.2. The van der Waals surface area contributed by atoms with E-state index in [1.807, 2.05) is 0 Å². The third-order valence-electron chi connectivity index (χ3n) is 3.66. The maximum atomic E-state index is 12.6. The zero-order valence-corrected chi connectivity index (χ0v) is 14.2. The molecule has 2 aromatic heterocycles. The molecule has 0 spiro atoms. The first-order chi connectivity index (χ1) is 11.8. The predicted octanol–water partition coefficient (Wildman–Crippen LogP) is 1.10. The van der Waals surface area contributed by atoms with Crippen molar-refractivity contribution < 1.29 is 13.3 Å². The van der Waals surface area contributed by atoms with Gasteiger partial charge in [-0.3, -0.25) is 4.57 Å². The second kappa shape index (κ2) is 6.09. The van der Waals surface area contributed by atoms with Gasteiger partial charge in [-0.1, -0.05) is 30.3 Å². The molecule has 3 aromatic rings. The molecule has 0 atom stereocenters. The van der Waals surface area contributed by atoms with Crippen molar-refractivity contribution in [2.75, 3.05) is 0 Å².